The lowest BCUT2D eigenvalue weighted by molar-refractivity contribution is -0.145. The van der Waals surface area contributed by atoms with Gasteiger partial charge < -0.3 is 9.80 Å². The molecule has 2 atom stereocenters. The zero-order valence-electron chi connectivity index (χ0n) is 12.9. The number of piperidine rings is 1. The summed E-state index contributed by atoms with van der Waals surface area (Å²) in [6.45, 7) is 3.07. The highest BCUT2D eigenvalue weighted by Gasteiger charge is 2.38. The van der Waals surface area contributed by atoms with E-state index in [0.29, 0.717) is 11.6 Å². The third-order valence-corrected chi connectivity index (χ3v) is 5.45. The first-order valence-electron chi connectivity index (χ1n) is 7.79. The monoisotopic (exact) mass is 322 g/mol. The number of hydrogen-bond acceptors (Lipinski definition) is 4. The van der Waals surface area contributed by atoms with E-state index in [-0.39, 0.29) is 23.9 Å². The minimum absolute atomic E-state index is 0.0102. The highest BCUT2D eigenvalue weighted by molar-refractivity contribution is 7.99. The van der Waals surface area contributed by atoms with Gasteiger partial charge in [-0.1, -0.05) is 0 Å². The number of hydrogen-bond donors (Lipinski definition) is 0. The van der Waals surface area contributed by atoms with Crippen LogP contribution in [0.5, 0.6) is 0 Å². The first kappa shape index (κ1) is 15.4. The first-order valence-corrected chi connectivity index (χ1v) is 8.95. The number of carbonyl (C=O) groups excluding carboxylic acids is 2. The molecule has 3 heterocycles. The predicted molar refractivity (Wildman–Crippen MR) is 85.2 cm³/mol. The van der Waals surface area contributed by atoms with Gasteiger partial charge in [-0.05, 0) is 25.3 Å². The highest BCUT2D eigenvalue weighted by atomic mass is 32.2. The van der Waals surface area contributed by atoms with E-state index in [0.717, 1.165) is 32.4 Å². The van der Waals surface area contributed by atoms with Crippen LogP contribution in [0.1, 0.15) is 26.2 Å². The molecule has 0 unspecified atom stereocenters. The van der Waals surface area contributed by atoms with E-state index in [1.54, 1.807) is 29.8 Å². The van der Waals surface area contributed by atoms with Crippen LogP contribution in [0.3, 0.4) is 0 Å². The van der Waals surface area contributed by atoms with Crippen LogP contribution in [0.2, 0.25) is 0 Å². The Labute approximate surface area is 134 Å². The van der Waals surface area contributed by atoms with Gasteiger partial charge in [0, 0.05) is 31.6 Å². The van der Waals surface area contributed by atoms with Gasteiger partial charge in [-0.25, -0.2) is 0 Å². The Morgan fingerprint density at radius 2 is 2.18 bits per heavy atom. The number of likely N-dealkylation sites (tertiary alicyclic amines) is 1. The summed E-state index contributed by atoms with van der Waals surface area (Å²) in [5, 5.41) is 4.25. The molecule has 0 aromatic carbocycles. The highest BCUT2D eigenvalue weighted by Crippen LogP contribution is 2.26. The Bertz CT molecular complexity index is 534. The summed E-state index contributed by atoms with van der Waals surface area (Å²) in [5.41, 5.74) is 0. The second-order valence-electron chi connectivity index (χ2n) is 5.91. The SMILES string of the molecule is CC(=O)N1CSC[C@@H]1C(=O)N1CCCC[C@H]1Cn1cccn1. The summed E-state index contributed by atoms with van der Waals surface area (Å²) in [6, 6.07) is 1.79. The Hall–Kier alpha value is -1.50. The molecule has 0 bridgehead atoms. The second-order valence-corrected chi connectivity index (χ2v) is 6.91. The number of amides is 2. The van der Waals surface area contributed by atoms with E-state index in [2.05, 4.69) is 5.10 Å². The van der Waals surface area contributed by atoms with Crippen LogP contribution in [-0.2, 0) is 16.1 Å². The van der Waals surface area contributed by atoms with E-state index in [9.17, 15) is 9.59 Å². The standard InChI is InChI=1S/C15H22N4O2S/c1-12(20)19-11-22-10-14(19)15(21)18-8-3-2-5-13(18)9-17-7-4-6-16-17/h4,6-7,13-14H,2-3,5,8-11H2,1H3/t13-,14+/m0/s1. The minimum Gasteiger partial charge on any atom is -0.336 e. The lowest BCUT2D eigenvalue weighted by Gasteiger charge is -2.38. The zero-order chi connectivity index (χ0) is 15.5. The van der Waals surface area contributed by atoms with E-state index < -0.39 is 0 Å². The smallest absolute Gasteiger partial charge is 0.246 e. The van der Waals surface area contributed by atoms with E-state index in [1.165, 1.54) is 0 Å². The average Bonchev–Trinajstić information content (AvgIpc) is 3.18. The maximum Gasteiger partial charge on any atom is 0.246 e. The Balaban J connectivity index is 1.72. The van der Waals surface area contributed by atoms with Crippen molar-refractivity contribution < 1.29 is 9.59 Å². The second kappa shape index (κ2) is 6.73. The number of nitrogens with zero attached hydrogens (tertiary/aromatic N) is 4. The first-order chi connectivity index (χ1) is 10.7. The molecular weight excluding hydrogens is 300 g/mol. The van der Waals surface area contributed by atoms with Gasteiger partial charge in [0.1, 0.15) is 6.04 Å². The molecule has 6 nitrogen and oxygen atoms in total. The molecular formula is C15H22N4O2S. The molecule has 2 aliphatic heterocycles. The van der Waals surface area contributed by atoms with Crippen molar-refractivity contribution in [1.82, 2.24) is 19.6 Å². The molecule has 2 saturated heterocycles. The van der Waals surface area contributed by atoms with Gasteiger partial charge in [0.15, 0.2) is 0 Å². The third kappa shape index (κ3) is 3.14. The van der Waals surface area contributed by atoms with Crippen molar-refractivity contribution in [2.75, 3.05) is 18.2 Å². The maximum absolute atomic E-state index is 12.9. The predicted octanol–water partition coefficient (Wildman–Crippen LogP) is 1.19. The summed E-state index contributed by atoms with van der Waals surface area (Å²) < 4.78 is 1.89. The fourth-order valence-electron chi connectivity index (χ4n) is 3.25. The summed E-state index contributed by atoms with van der Waals surface area (Å²) in [5.74, 6) is 1.44. The quantitative estimate of drug-likeness (QED) is 0.839. The third-order valence-electron chi connectivity index (χ3n) is 4.44. The molecule has 0 radical (unpaired) electrons. The van der Waals surface area contributed by atoms with Crippen molar-refractivity contribution >= 4 is 23.6 Å². The van der Waals surface area contributed by atoms with Crippen molar-refractivity contribution in [1.29, 1.82) is 0 Å². The van der Waals surface area contributed by atoms with Crippen LogP contribution < -0.4 is 0 Å². The molecule has 0 saturated carbocycles. The molecule has 22 heavy (non-hydrogen) atoms. The average molecular weight is 322 g/mol. The van der Waals surface area contributed by atoms with Crippen LogP contribution in [-0.4, -0.2) is 61.7 Å². The largest absolute Gasteiger partial charge is 0.336 e. The van der Waals surface area contributed by atoms with Crippen molar-refractivity contribution in [2.45, 2.75) is 44.8 Å². The van der Waals surface area contributed by atoms with Crippen LogP contribution in [0.25, 0.3) is 0 Å². The molecule has 0 aliphatic carbocycles. The van der Waals surface area contributed by atoms with Crippen molar-refractivity contribution in [3.63, 3.8) is 0 Å². The van der Waals surface area contributed by atoms with Crippen LogP contribution >= 0.6 is 11.8 Å². The number of carbonyl (C=O) groups is 2. The maximum atomic E-state index is 12.9. The Morgan fingerprint density at radius 1 is 1.32 bits per heavy atom. The Morgan fingerprint density at radius 3 is 2.91 bits per heavy atom. The fourth-order valence-corrected chi connectivity index (χ4v) is 4.46. The van der Waals surface area contributed by atoms with Crippen molar-refractivity contribution in [3.8, 4) is 0 Å². The molecule has 7 heteroatoms. The zero-order valence-corrected chi connectivity index (χ0v) is 13.7. The summed E-state index contributed by atoms with van der Waals surface area (Å²) in [7, 11) is 0. The molecule has 2 aliphatic rings. The summed E-state index contributed by atoms with van der Waals surface area (Å²) in [4.78, 5) is 28.3. The molecule has 0 N–H and O–H groups in total. The molecule has 3 rings (SSSR count). The molecule has 2 fully saturated rings. The van der Waals surface area contributed by atoms with Gasteiger partial charge in [0.2, 0.25) is 11.8 Å². The van der Waals surface area contributed by atoms with Crippen LogP contribution in [0, 0.1) is 0 Å². The minimum atomic E-state index is -0.291. The number of thioether (sulfide) groups is 1. The van der Waals surface area contributed by atoms with Crippen molar-refractivity contribution in [3.05, 3.63) is 18.5 Å². The van der Waals surface area contributed by atoms with Gasteiger partial charge in [0.25, 0.3) is 0 Å². The Kier molecular flexibility index (Phi) is 4.71. The van der Waals surface area contributed by atoms with Crippen LogP contribution in [0.4, 0.5) is 0 Å². The number of aromatic nitrogens is 2. The van der Waals surface area contributed by atoms with Gasteiger partial charge in [-0.3, -0.25) is 14.3 Å². The molecule has 0 spiro atoms. The summed E-state index contributed by atoms with van der Waals surface area (Å²) >= 11 is 1.66. The van der Waals surface area contributed by atoms with E-state index >= 15 is 0 Å². The van der Waals surface area contributed by atoms with E-state index in [4.69, 9.17) is 0 Å². The molecule has 1 aromatic rings. The lowest BCUT2D eigenvalue weighted by atomic mass is 10.0. The topological polar surface area (TPSA) is 58.4 Å². The number of rotatable bonds is 3. The molecule has 120 valence electrons. The van der Waals surface area contributed by atoms with E-state index in [1.807, 2.05) is 21.8 Å². The van der Waals surface area contributed by atoms with Gasteiger partial charge in [0.05, 0.1) is 18.5 Å². The normalized spacial score (nSPS) is 25.5. The van der Waals surface area contributed by atoms with Gasteiger partial charge in [-0.15, -0.1) is 11.8 Å². The molecule has 2 amide bonds. The van der Waals surface area contributed by atoms with Gasteiger partial charge in [-0.2, -0.15) is 5.10 Å². The van der Waals surface area contributed by atoms with Crippen molar-refractivity contribution in [2.24, 2.45) is 0 Å². The van der Waals surface area contributed by atoms with Crippen LogP contribution in [0.15, 0.2) is 18.5 Å². The molecule has 1 aromatic heterocycles. The lowest BCUT2D eigenvalue weighted by Crippen LogP contribution is -2.54. The van der Waals surface area contributed by atoms with Gasteiger partial charge >= 0.3 is 0 Å². The summed E-state index contributed by atoms with van der Waals surface area (Å²) in [6.07, 6.45) is 6.89. The fraction of sp³-hybridized carbons (Fsp3) is 0.667.